The van der Waals surface area contributed by atoms with Crippen molar-refractivity contribution in [3.8, 4) is 33.4 Å². The second-order valence-corrected chi connectivity index (χ2v) is 14.6. The summed E-state index contributed by atoms with van der Waals surface area (Å²) in [7, 11) is 4.18. The number of hydrogen-bond donors (Lipinski definition) is 0. The molecule has 9 aromatic carbocycles. The van der Waals surface area contributed by atoms with Gasteiger partial charge in [-0.3, -0.25) is 0 Å². The Morgan fingerprint density at radius 1 is 0.328 bits per heavy atom. The van der Waals surface area contributed by atoms with Crippen LogP contribution in [0.3, 0.4) is 0 Å². The molecule has 0 fully saturated rings. The maximum Gasteiger partial charge on any atom is 0.338 e. The minimum absolute atomic E-state index is 0.408. The molecule has 0 radical (unpaired) electrons. The molecule has 0 unspecified atom stereocenters. The van der Waals surface area contributed by atoms with Crippen molar-refractivity contribution < 1.29 is 28.6 Å². The predicted molar refractivity (Wildman–Crippen MR) is 244 cm³/mol. The number of carbonyl (C=O) groups is 3. The smallest absolute Gasteiger partial charge is 0.338 e. The number of ether oxygens (including phenoxy) is 3. The molecule has 0 aromatic heterocycles. The maximum atomic E-state index is 13.1. The fraction of sp³-hybridized carbons (Fsp3) is 0.0556. The molecule has 0 spiro atoms. The van der Waals surface area contributed by atoms with Crippen LogP contribution in [0.5, 0.6) is 0 Å². The van der Waals surface area contributed by atoms with Gasteiger partial charge in [-0.2, -0.15) is 0 Å². The lowest BCUT2D eigenvalue weighted by atomic mass is 9.92. The minimum atomic E-state index is -0.408. The normalized spacial score (nSPS) is 11.1. The van der Waals surface area contributed by atoms with Gasteiger partial charge in [0.15, 0.2) is 0 Å². The van der Waals surface area contributed by atoms with E-state index in [0.29, 0.717) is 16.7 Å². The molecule has 9 rings (SSSR count). The van der Waals surface area contributed by atoms with Crippen LogP contribution in [0.15, 0.2) is 182 Å². The molecule has 0 aliphatic rings. The second-order valence-electron chi connectivity index (χ2n) is 14.6. The predicted octanol–water partition coefficient (Wildman–Crippen LogP) is 13.0. The van der Waals surface area contributed by atoms with Gasteiger partial charge in [0, 0.05) is 33.8 Å². The zero-order valence-electron chi connectivity index (χ0n) is 33.7. The third-order valence-corrected chi connectivity index (χ3v) is 11.2. The van der Waals surface area contributed by atoms with Crippen LogP contribution in [0.2, 0.25) is 0 Å². The van der Waals surface area contributed by atoms with E-state index in [9.17, 15) is 14.4 Å². The first-order valence-electron chi connectivity index (χ1n) is 19.8. The van der Waals surface area contributed by atoms with Crippen molar-refractivity contribution in [1.29, 1.82) is 0 Å². The van der Waals surface area contributed by atoms with Gasteiger partial charge in [0.1, 0.15) is 0 Å². The quantitative estimate of drug-likeness (QED) is 0.106. The molecule has 0 atom stereocenters. The zero-order valence-corrected chi connectivity index (χ0v) is 33.7. The fourth-order valence-corrected chi connectivity index (χ4v) is 8.37. The van der Waals surface area contributed by atoms with Gasteiger partial charge in [-0.1, -0.05) is 127 Å². The van der Waals surface area contributed by atoms with Crippen LogP contribution in [-0.4, -0.2) is 39.2 Å². The highest BCUT2D eigenvalue weighted by atomic mass is 16.5. The van der Waals surface area contributed by atoms with Gasteiger partial charge in [-0.25, -0.2) is 14.4 Å². The largest absolute Gasteiger partial charge is 0.465 e. The first-order chi connectivity index (χ1) is 29.9. The van der Waals surface area contributed by atoms with E-state index in [4.69, 9.17) is 14.2 Å². The summed E-state index contributed by atoms with van der Waals surface area (Å²) in [6.45, 7) is 0. The molecule has 0 aliphatic carbocycles. The lowest BCUT2D eigenvalue weighted by Crippen LogP contribution is -2.10. The maximum absolute atomic E-state index is 13.1. The number of hydrogen-bond acceptors (Lipinski definition) is 7. The summed E-state index contributed by atoms with van der Waals surface area (Å²) in [5, 5.41) is 5.87. The van der Waals surface area contributed by atoms with Gasteiger partial charge in [0.05, 0.1) is 38.0 Å². The first-order valence-corrected chi connectivity index (χ1v) is 19.8. The highest BCUT2D eigenvalue weighted by Gasteiger charge is 2.22. The molecule has 61 heavy (non-hydrogen) atoms. The Morgan fingerprint density at radius 3 is 0.852 bits per heavy atom. The summed E-state index contributed by atoms with van der Waals surface area (Å²) in [5.74, 6) is -1.22. The SMILES string of the molecule is COC(=O)c1ccc2ccccc2c1-c1ccc(N(c2ccc(-c3c(C(=O)OC)ccc4ccccc34)cc2)c2ccc(-c3c(C(=O)OC)ccc4ccccc34)cc2)cc1. The van der Waals surface area contributed by atoms with Gasteiger partial charge in [0.25, 0.3) is 0 Å². The van der Waals surface area contributed by atoms with Crippen LogP contribution in [0.1, 0.15) is 31.1 Å². The topological polar surface area (TPSA) is 82.1 Å². The van der Waals surface area contributed by atoms with E-state index in [1.807, 2.05) is 182 Å². The Bertz CT molecular complexity index is 2800. The van der Waals surface area contributed by atoms with Crippen LogP contribution in [0.25, 0.3) is 65.7 Å². The third kappa shape index (κ3) is 7.02. The van der Waals surface area contributed by atoms with Crippen molar-refractivity contribution in [1.82, 2.24) is 0 Å². The van der Waals surface area contributed by atoms with E-state index in [1.54, 1.807) is 0 Å². The van der Waals surface area contributed by atoms with Gasteiger partial charge >= 0.3 is 17.9 Å². The summed E-state index contributed by atoms with van der Waals surface area (Å²) < 4.78 is 15.6. The number of methoxy groups -OCH3 is 3. The summed E-state index contributed by atoms with van der Waals surface area (Å²) in [6, 6.07) is 59.6. The molecule has 0 N–H and O–H groups in total. The Kier molecular flexibility index (Phi) is 10.3. The fourth-order valence-electron chi connectivity index (χ4n) is 8.37. The average molecular weight is 798 g/mol. The Morgan fingerprint density at radius 2 is 0.590 bits per heavy atom. The molecule has 0 aliphatic heterocycles. The summed E-state index contributed by atoms with van der Waals surface area (Å²) in [4.78, 5) is 41.4. The van der Waals surface area contributed by atoms with E-state index in [1.165, 1.54) is 21.3 Å². The zero-order chi connectivity index (χ0) is 42.0. The van der Waals surface area contributed by atoms with Crippen LogP contribution < -0.4 is 4.90 Å². The number of carbonyl (C=O) groups excluding carboxylic acids is 3. The van der Waals surface area contributed by atoms with Crippen molar-refractivity contribution in [3.63, 3.8) is 0 Å². The standard InChI is InChI=1S/C54H39NO6/c1-59-52(56)46-31-22-34-10-4-7-13-43(34)49(46)37-16-25-40(26-17-37)55(41-27-18-38(19-28-41)50-44-14-8-5-11-35(44)23-32-47(50)53(57)60-2)42-29-20-39(21-30-42)51-45-15-9-6-12-36(45)24-33-48(51)54(58)61-3/h4-33H,1-3H3. The van der Waals surface area contributed by atoms with Crippen LogP contribution in [0.4, 0.5) is 17.1 Å². The molecule has 0 bridgehead atoms. The van der Waals surface area contributed by atoms with E-state index >= 15 is 0 Å². The van der Waals surface area contributed by atoms with E-state index in [0.717, 1.165) is 82.8 Å². The van der Waals surface area contributed by atoms with Crippen molar-refractivity contribution in [2.75, 3.05) is 26.2 Å². The number of rotatable bonds is 9. The molecule has 0 amide bonds. The molecule has 0 saturated carbocycles. The minimum Gasteiger partial charge on any atom is -0.465 e. The molecular formula is C54H39NO6. The Hall–Kier alpha value is -8.03. The van der Waals surface area contributed by atoms with E-state index < -0.39 is 17.9 Å². The number of fused-ring (bicyclic) bond motifs is 3. The van der Waals surface area contributed by atoms with Gasteiger partial charge < -0.3 is 19.1 Å². The molecule has 9 aromatic rings. The Labute approximate surface area is 353 Å². The molecule has 296 valence electrons. The van der Waals surface area contributed by atoms with Crippen molar-refractivity contribution in [2.45, 2.75) is 0 Å². The molecular weight excluding hydrogens is 759 g/mol. The number of nitrogens with zero attached hydrogens (tertiary/aromatic N) is 1. The summed E-state index contributed by atoms with van der Waals surface area (Å²) in [6.07, 6.45) is 0. The van der Waals surface area contributed by atoms with Crippen LogP contribution in [0, 0.1) is 0 Å². The monoisotopic (exact) mass is 797 g/mol. The van der Waals surface area contributed by atoms with Gasteiger partial charge in [-0.05, 0) is 104 Å². The van der Waals surface area contributed by atoms with E-state index in [-0.39, 0.29) is 0 Å². The number of esters is 3. The van der Waals surface area contributed by atoms with Gasteiger partial charge in [0.2, 0.25) is 0 Å². The van der Waals surface area contributed by atoms with Crippen LogP contribution >= 0.6 is 0 Å². The van der Waals surface area contributed by atoms with Gasteiger partial charge in [-0.15, -0.1) is 0 Å². The average Bonchev–Trinajstić information content (AvgIpc) is 3.33. The van der Waals surface area contributed by atoms with Crippen molar-refractivity contribution >= 4 is 67.3 Å². The molecule has 0 saturated heterocycles. The third-order valence-electron chi connectivity index (χ3n) is 11.2. The highest BCUT2D eigenvalue weighted by Crippen LogP contribution is 2.42. The second kappa shape index (κ2) is 16.3. The summed E-state index contributed by atoms with van der Waals surface area (Å²) >= 11 is 0. The van der Waals surface area contributed by atoms with Crippen molar-refractivity contribution in [3.05, 3.63) is 199 Å². The summed E-state index contributed by atoms with van der Waals surface area (Å²) in [5.41, 5.74) is 9.03. The van der Waals surface area contributed by atoms with Crippen molar-refractivity contribution in [2.24, 2.45) is 0 Å². The van der Waals surface area contributed by atoms with Crippen LogP contribution in [-0.2, 0) is 14.2 Å². The molecule has 7 heteroatoms. The number of anilines is 3. The van der Waals surface area contributed by atoms with E-state index in [2.05, 4.69) is 4.90 Å². The Balaban J connectivity index is 1.19. The lowest BCUT2D eigenvalue weighted by molar-refractivity contribution is 0.0593. The molecule has 0 heterocycles. The first kappa shape index (κ1) is 38.5. The lowest BCUT2D eigenvalue weighted by Gasteiger charge is -2.26. The number of benzene rings is 9. The highest BCUT2D eigenvalue weighted by molar-refractivity contribution is 6.10. The molecule has 7 nitrogen and oxygen atoms in total.